The summed E-state index contributed by atoms with van der Waals surface area (Å²) in [5.41, 5.74) is 1.75. The Hall–Kier alpha value is -2.45. The molecule has 1 aromatic heterocycles. The Labute approximate surface area is 174 Å². The molecule has 0 unspecified atom stereocenters. The maximum absolute atomic E-state index is 13.2. The normalized spacial score (nSPS) is 20.9. The zero-order chi connectivity index (χ0) is 20.5. The van der Waals surface area contributed by atoms with E-state index in [9.17, 15) is 9.59 Å². The predicted molar refractivity (Wildman–Crippen MR) is 112 cm³/mol. The van der Waals surface area contributed by atoms with Gasteiger partial charge in [0.1, 0.15) is 11.8 Å². The molecule has 4 rings (SSSR count). The molecule has 1 saturated heterocycles. The van der Waals surface area contributed by atoms with Gasteiger partial charge in [-0.05, 0) is 32.9 Å². The summed E-state index contributed by atoms with van der Waals surface area (Å²) in [5, 5.41) is 3.17. The molecule has 8 heteroatoms. The molecule has 0 spiro atoms. The Balaban J connectivity index is 1.41. The molecule has 0 radical (unpaired) electrons. The van der Waals surface area contributed by atoms with Crippen molar-refractivity contribution in [2.45, 2.75) is 39.5 Å². The van der Waals surface area contributed by atoms with Crippen LogP contribution in [-0.4, -0.2) is 64.9 Å². The number of para-hydroxylation sites is 2. The molecule has 2 aliphatic rings. The Morgan fingerprint density at radius 3 is 2.69 bits per heavy atom. The molecule has 3 heterocycles. The van der Waals surface area contributed by atoms with Gasteiger partial charge >= 0.3 is 0 Å². The van der Waals surface area contributed by atoms with Gasteiger partial charge in [-0.15, -0.1) is 11.3 Å². The number of ether oxygens (including phenoxy) is 1. The second kappa shape index (κ2) is 8.12. The number of carbonyl (C=O) groups excluding carboxylic acids is 2. The molecule has 2 aliphatic heterocycles. The number of aryl methyl sites for hydroxylation is 1. The van der Waals surface area contributed by atoms with Gasteiger partial charge in [0.05, 0.1) is 16.4 Å². The van der Waals surface area contributed by atoms with E-state index in [1.54, 1.807) is 30.1 Å². The molecule has 29 heavy (non-hydrogen) atoms. The SMILES string of the molecule is Cc1nc(CN2CCN(C(=O)[C@@H](C)N3C(=O)[C@@H](C)Oc4ccccc43)CC2)cs1. The van der Waals surface area contributed by atoms with Gasteiger partial charge in [0.15, 0.2) is 6.10 Å². The molecule has 0 saturated carbocycles. The minimum absolute atomic E-state index is 0.0218. The maximum Gasteiger partial charge on any atom is 0.268 e. The number of thiazole rings is 1. The molecular weight excluding hydrogens is 388 g/mol. The predicted octanol–water partition coefficient (Wildman–Crippen LogP) is 2.30. The number of benzene rings is 1. The van der Waals surface area contributed by atoms with Gasteiger partial charge in [-0.1, -0.05) is 12.1 Å². The van der Waals surface area contributed by atoms with Gasteiger partial charge < -0.3 is 9.64 Å². The number of nitrogens with zero attached hydrogens (tertiary/aromatic N) is 4. The van der Waals surface area contributed by atoms with Gasteiger partial charge in [-0.2, -0.15) is 0 Å². The third-order valence-electron chi connectivity index (χ3n) is 5.49. The highest BCUT2D eigenvalue weighted by atomic mass is 32.1. The van der Waals surface area contributed by atoms with Gasteiger partial charge in [-0.3, -0.25) is 19.4 Å². The quantitative estimate of drug-likeness (QED) is 0.768. The molecule has 7 nitrogen and oxygen atoms in total. The van der Waals surface area contributed by atoms with Crippen LogP contribution in [0.1, 0.15) is 24.5 Å². The van der Waals surface area contributed by atoms with Crippen molar-refractivity contribution in [2.75, 3.05) is 31.1 Å². The monoisotopic (exact) mass is 414 g/mol. The smallest absolute Gasteiger partial charge is 0.268 e. The lowest BCUT2D eigenvalue weighted by Gasteiger charge is -2.40. The molecule has 1 fully saturated rings. The number of hydrogen-bond acceptors (Lipinski definition) is 6. The number of aromatic nitrogens is 1. The third-order valence-corrected chi connectivity index (χ3v) is 6.32. The van der Waals surface area contributed by atoms with E-state index in [-0.39, 0.29) is 11.8 Å². The van der Waals surface area contributed by atoms with Gasteiger partial charge in [0.25, 0.3) is 5.91 Å². The minimum Gasteiger partial charge on any atom is -0.479 e. The number of amides is 2. The molecule has 0 bridgehead atoms. The van der Waals surface area contributed by atoms with E-state index in [0.717, 1.165) is 30.3 Å². The van der Waals surface area contributed by atoms with Crippen molar-refractivity contribution >= 4 is 28.8 Å². The number of fused-ring (bicyclic) bond motifs is 1. The summed E-state index contributed by atoms with van der Waals surface area (Å²) in [6.07, 6.45) is -0.599. The fourth-order valence-corrected chi connectivity index (χ4v) is 4.53. The molecule has 2 aromatic rings. The molecular formula is C21H26N4O3S. The van der Waals surface area contributed by atoms with Crippen molar-refractivity contribution in [1.82, 2.24) is 14.8 Å². The largest absolute Gasteiger partial charge is 0.479 e. The Kier molecular flexibility index (Phi) is 5.56. The Morgan fingerprint density at radius 2 is 2.00 bits per heavy atom. The number of carbonyl (C=O) groups is 2. The van der Waals surface area contributed by atoms with Gasteiger partial charge in [0.2, 0.25) is 5.91 Å². The summed E-state index contributed by atoms with van der Waals surface area (Å²) in [4.78, 5) is 36.3. The second-order valence-corrected chi connectivity index (χ2v) is 8.63. The standard InChI is InChI=1S/C21H26N4O3S/c1-14(25-18-6-4-5-7-19(18)28-15(2)21(25)27)20(26)24-10-8-23(9-11-24)12-17-13-29-16(3)22-17/h4-7,13-15H,8-12H2,1-3H3/t14-,15-/m1/s1. The van der Waals surface area contributed by atoms with Crippen molar-refractivity contribution in [3.8, 4) is 5.75 Å². The first-order valence-electron chi connectivity index (χ1n) is 9.95. The third kappa shape index (κ3) is 4.00. The number of rotatable bonds is 4. The van der Waals surface area contributed by atoms with Crippen LogP contribution < -0.4 is 9.64 Å². The van der Waals surface area contributed by atoms with Crippen LogP contribution in [0.3, 0.4) is 0 Å². The summed E-state index contributed by atoms with van der Waals surface area (Å²) in [5.74, 6) is 0.441. The highest BCUT2D eigenvalue weighted by Gasteiger charge is 2.38. The van der Waals surface area contributed by atoms with Crippen LogP contribution in [0.5, 0.6) is 5.75 Å². The number of hydrogen-bond donors (Lipinski definition) is 0. The van der Waals surface area contributed by atoms with E-state index in [1.807, 2.05) is 36.1 Å². The fraction of sp³-hybridized carbons (Fsp3) is 0.476. The fourth-order valence-electron chi connectivity index (χ4n) is 3.92. The van der Waals surface area contributed by atoms with Gasteiger partial charge in [0, 0.05) is 38.1 Å². The summed E-state index contributed by atoms with van der Waals surface area (Å²) >= 11 is 1.66. The van der Waals surface area contributed by atoms with E-state index < -0.39 is 12.1 Å². The molecule has 2 atom stereocenters. The van der Waals surface area contributed by atoms with Crippen LogP contribution in [0.15, 0.2) is 29.6 Å². The lowest BCUT2D eigenvalue weighted by atomic mass is 10.1. The average molecular weight is 415 g/mol. The zero-order valence-corrected chi connectivity index (χ0v) is 17.8. The van der Waals surface area contributed by atoms with Crippen LogP contribution in [0.25, 0.3) is 0 Å². The lowest BCUT2D eigenvalue weighted by Crippen LogP contribution is -2.57. The zero-order valence-electron chi connectivity index (χ0n) is 17.0. The van der Waals surface area contributed by atoms with Crippen LogP contribution >= 0.6 is 11.3 Å². The molecule has 2 amide bonds. The lowest BCUT2D eigenvalue weighted by molar-refractivity contribution is -0.137. The summed E-state index contributed by atoms with van der Waals surface area (Å²) in [7, 11) is 0. The minimum atomic E-state index is -0.599. The van der Waals surface area contributed by atoms with E-state index in [2.05, 4.69) is 15.3 Å². The molecule has 1 aromatic carbocycles. The van der Waals surface area contributed by atoms with Crippen LogP contribution in [-0.2, 0) is 16.1 Å². The second-order valence-electron chi connectivity index (χ2n) is 7.57. The van der Waals surface area contributed by atoms with E-state index >= 15 is 0 Å². The maximum atomic E-state index is 13.2. The molecule has 0 N–H and O–H groups in total. The topological polar surface area (TPSA) is 66.0 Å². The van der Waals surface area contributed by atoms with E-state index in [4.69, 9.17) is 4.74 Å². The summed E-state index contributed by atoms with van der Waals surface area (Å²) in [6.45, 7) is 9.27. The highest BCUT2D eigenvalue weighted by molar-refractivity contribution is 7.09. The first-order chi connectivity index (χ1) is 13.9. The first kappa shape index (κ1) is 19.8. The summed E-state index contributed by atoms with van der Waals surface area (Å²) < 4.78 is 5.69. The molecule has 154 valence electrons. The first-order valence-corrected chi connectivity index (χ1v) is 10.8. The van der Waals surface area contributed by atoms with E-state index in [0.29, 0.717) is 24.5 Å². The van der Waals surface area contributed by atoms with Crippen molar-refractivity contribution in [2.24, 2.45) is 0 Å². The van der Waals surface area contributed by atoms with Crippen molar-refractivity contribution in [1.29, 1.82) is 0 Å². The van der Waals surface area contributed by atoms with Crippen LogP contribution in [0, 0.1) is 6.92 Å². The van der Waals surface area contributed by atoms with Crippen molar-refractivity contribution < 1.29 is 14.3 Å². The van der Waals surface area contributed by atoms with Crippen LogP contribution in [0.2, 0.25) is 0 Å². The number of anilines is 1. The van der Waals surface area contributed by atoms with E-state index in [1.165, 1.54) is 0 Å². The van der Waals surface area contributed by atoms with Crippen molar-refractivity contribution in [3.63, 3.8) is 0 Å². The Bertz CT molecular complexity index is 907. The summed E-state index contributed by atoms with van der Waals surface area (Å²) in [6, 6.07) is 6.82. The van der Waals surface area contributed by atoms with Crippen molar-refractivity contribution in [3.05, 3.63) is 40.3 Å². The number of piperazine rings is 1. The Morgan fingerprint density at radius 1 is 1.28 bits per heavy atom. The highest BCUT2D eigenvalue weighted by Crippen LogP contribution is 2.35. The van der Waals surface area contributed by atoms with Crippen LogP contribution in [0.4, 0.5) is 5.69 Å². The average Bonchev–Trinajstić information content (AvgIpc) is 3.13. The van der Waals surface area contributed by atoms with Gasteiger partial charge in [-0.25, -0.2) is 4.98 Å². The molecule has 0 aliphatic carbocycles.